The van der Waals surface area contributed by atoms with Crippen LogP contribution in [0.25, 0.3) is 22.4 Å². The molecule has 0 atom stereocenters. The summed E-state index contributed by atoms with van der Waals surface area (Å²) in [5, 5.41) is 26.1. The van der Waals surface area contributed by atoms with Crippen LogP contribution in [0.1, 0.15) is 42.4 Å². The van der Waals surface area contributed by atoms with Gasteiger partial charge in [-0.05, 0) is 71.9 Å². The van der Waals surface area contributed by atoms with Crippen molar-refractivity contribution in [2.75, 3.05) is 18.5 Å². The molecule has 3 N–H and O–H groups in total. The Morgan fingerprint density at radius 3 is 2.50 bits per heavy atom. The van der Waals surface area contributed by atoms with E-state index in [2.05, 4.69) is 50.6 Å². The standard InChI is InChI=1S/C33H36N4O5SSi/c1-33(2,3)44(4,5)42-28-14-7-6-13-24(28)27-20-25(22-11-8-12-23(19-22)41-17-10-16-35-32(39)40)26(21-34)30(36-27)37-31(38)29-15-9-18-43-29/h6-9,11-15,18-20,35H,10,16-17H2,1-5H3,(H,39,40)(H,36,37,38). The molecule has 0 unspecified atom stereocenters. The highest BCUT2D eigenvalue weighted by molar-refractivity contribution is 7.12. The van der Waals surface area contributed by atoms with E-state index in [0.29, 0.717) is 46.2 Å². The van der Waals surface area contributed by atoms with E-state index in [1.807, 2.05) is 53.9 Å². The number of carbonyl (C=O) groups is 2. The number of pyridine rings is 1. The summed E-state index contributed by atoms with van der Waals surface area (Å²) < 4.78 is 12.6. The van der Waals surface area contributed by atoms with Crippen molar-refractivity contribution >= 4 is 37.5 Å². The number of nitriles is 1. The van der Waals surface area contributed by atoms with Gasteiger partial charge < -0.3 is 24.9 Å². The average Bonchev–Trinajstić information content (AvgIpc) is 3.52. The number of carboxylic acid groups (broad SMARTS) is 1. The number of hydrogen-bond donors (Lipinski definition) is 3. The number of hydrogen-bond acceptors (Lipinski definition) is 7. The van der Waals surface area contributed by atoms with Gasteiger partial charge in [-0.15, -0.1) is 11.3 Å². The third kappa shape index (κ3) is 7.83. The van der Waals surface area contributed by atoms with E-state index in [9.17, 15) is 14.9 Å². The highest BCUT2D eigenvalue weighted by Crippen LogP contribution is 2.41. The fourth-order valence-corrected chi connectivity index (χ4v) is 5.75. The van der Waals surface area contributed by atoms with Crippen LogP contribution in [-0.2, 0) is 0 Å². The zero-order valence-electron chi connectivity index (χ0n) is 25.4. The lowest BCUT2D eigenvalue weighted by Gasteiger charge is -2.37. The molecular formula is C33H36N4O5SSi. The van der Waals surface area contributed by atoms with Gasteiger partial charge in [0.05, 0.1) is 17.2 Å². The maximum Gasteiger partial charge on any atom is 0.404 e. The summed E-state index contributed by atoms with van der Waals surface area (Å²) in [6, 6.07) is 22.6. The van der Waals surface area contributed by atoms with Crippen molar-refractivity contribution in [1.82, 2.24) is 10.3 Å². The predicted molar refractivity (Wildman–Crippen MR) is 176 cm³/mol. The summed E-state index contributed by atoms with van der Waals surface area (Å²) in [5.74, 6) is 1.03. The summed E-state index contributed by atoms with van der Waals surface area (Å²) in [5.41, 5.74) is 2.76. The van der Waals surface area contributed by atoms with Crippen molar-refractivity contribution in [2.45, 2.75) is 45.3 Å². The molecule has 44 heavy (non-hydrogen) atoms. The molecule has 9 nitrogen and oxygen atoms in total. The SMILES string of the molecule is CC(C)(C)[Si](C)(C)Oc1ccccc1-c1cc(-c2cccc(OCCCNC(=O)O)c2)c(C#N)c(NC(=O)c2cccs2)n1. The van der Waals surface area contributed by atoms with Crippen molar-refractivity contribution in [1.29, 1.82) is 5.26 Å². The lowest BCUT2D eigenvalue weighted by molar-refractivity contribution is 0.103. The van der Waals surface area contributed by atoms with Gasteiger partial charge in [-0.2, -0.15) is 5.26 Å². The number of benzene rings is 2. The summed E-state index contributed by atoms with van der Waals surface area (Å²) in [7, 11) is -2.22. The molecule has 11 heteroatoms. The van der Waals surface area contributed by atoms with Crippen molar-refractivity contribution in [3.63, 3.8) is 0 Å². The number of rotatable bonds is 11. The molecule has 0 fully saturated rings. The number of ether oxygens (including phenoxy) is 1. The lowest BCUT2D eigenvalue weighted by atomic mass is 9.98. The van der Waals surface area contributed by atoms with E-state index < -0.39 is 14.4 Å². The van der Waals surface area contributed by atoms with Gasteiger partial charge in [-0.1, -0.05) is 51.1 Å². The van der Waals surface area contributed by atoms with E-state index >= 15 is 0 Å². The summed E-state index contributed by atoms with van der Waals surface area (Å²) in [6.45, 7) is 11.5. The minimum absolute atomic E-state index is 0.0344. The molecule has 0 aliphatic heterocycles. The average molecular weight is 629 g/mol. The number of para-hydroxylation sites is 1. The maximum atomic E-state index is 13.1. The third-order valence-electron chi connectivity index (χ3n) is 7.45. The molecule has 4 aromatic rings. The molecule has 2 aromatic carbocycles. The molecule has 4 rings (SSSR count). The first-order valence-corrected chi connectivity index (χ1v) is 18.0. The van der Waals surface area contributed by atoms with Gasteiger partial charge in [0.15, 0.2) is 5.82 Å². The highest BCUT2D eigenvalue weighted by Gasteiger charge is 2.39. The monoisotopic (exact) mass is 628 g/mol. The fraction of sp³-hybridized carbons (Fsp3) is 0.273. The Morgan fingerprint density at radius 2 is 1.82 bits per heavy atom. The zero-order valence-corrected chi connectivity index (χ0v) is 27.2. The van der Waals surface area contributed by atoms with Gasteiger partial charge in [0.1, 0.15) is 23.1 Å². The Balaban J connectivity index is 1.80. The number of thiophene rings is 1. The molecule has 2 heterocycles. The summed E-state index contributed by atoms with van der Waals surface area (Å²) in [4.78, 5) is 29.2. The topological polar surface area (TPSA) is 134 Å². The van der Waals surface area contributed by atoms with Gasteiger partial charge in [0.2, 0.25) is 0 Å². The normalized spacial score (nSPS) is 11.4. The number of carbonyl (C=O) groups excluding carboxylic acids is 1. The van der Waals surface area contributed by atoms with Gasteiger partial charge in [-0.3, -0.25) is 4.79 Å². The molecule has 0 bridgehead atoms. The van der Waals surface area contributed by atoms with Crippen LogP contribution in [0.15, 0.2) is 72.1 Å². The molecule has 2 amide bonds. The number of anilines is 1. The van der Waals surface area contributed by atoms with Crippen molar-refractivity contribution in [3.05, 3.63) is 82.6 Å². The van der Waals surface area contributed by atoms with Gasteiger partial charge in [0, 0.05) is 17.7 Å². The van der Waals surface area contributed by atoms with Crippen LogP contribution in [0.2, 0.25) is 18.1 Å². The second-order valence-corrected chi connectivity index (χ2v) is 17.3. The first kappa shape index (κ1) is 32.3. The first-order valence-electron chi connectivity index (χ1n) is 14.2. The van der Waals surface area contributed by atoms with E-state index in [4.69, 9.17) is 19.3 Å². The zero-order chi connectivity index (χ0) is 31.9. The lowest BCUT2D eigenvalue weighted by Crippen LogP contribution is -2.44. The van der Waals surface area contributed by atoms with Crippen LogP contribution in [-0.4, -0.2) is 43.6 Å². The minimum atomic E-state index is -2.22. The number of aromatic nitrogens is 1. The smallest absolute Gasteiger partial charge is 0.404 e. The van der Waals surface area contributed by atoms with E-state index in [0.717, 1.165) is 5.56 Å². The van der Waals surface area contributed by atoms with Crippen LogP contribution in [0, 0.1) is 11.3 Å². The van der Waals surface area contributed by atoms with E-state index in [1.54, 1.807) is 18.2 Å². The van der Waals surface area contributed by atoms with E-state index in [-0.39, 0.29) is 28.9 Å². The molecule has 0 saturated carbocycles. The van der Waals surface area contributed by atoms with Crippen molar-refractivity contribution in [2.24, 2.45) is 0 Å². The molecule has 0 saturated heterocycles. The first-order chi connectivity index (χ1) is 20.9. The van der Waals surface area contributed by atoms with Gasteiger partial charge in [0.25, 0.3) is 14.2 Å². The number of amides is 2. The van der Waals surface area contributed by atoms with E-state index in [1.165, 1.54) is 11.3 Å². The predicted octanol–water partition coefficient (Wildman–Crippen LogP) is 8.02. The maximum absolute atomic E-state index is 13.1. The minimum Gasteiger partial charge on any atom is -0.543 e. The molecule has 0 aliphatic carbocycles. The van der Waals surface area contributed by atoms with Gasteiger partial charge in [-0.25, -0.2) is 9.78 Å². The molecule has 228 valence electrons. The van der Waals surface area contributed by atoms with Crippen molar-refractivity contribution < 1.29 is 23.9 Å². The van der Waals surface area contributed by atoms with Crippen LogP contribution >= 0.6 is 11.3 Å². The highest BCUT2D eigenvalue weighted by atomic mass is 32.1. The second-order valence-electron chi connectivity index (χ2n) is 11.6. The molecule has 0 spiro atoms. The fourth-order valence-electron chi connectivity index (χ4n) is 4.10. The van der Waals surface area contributed by atoms with Gasteiger partial charge >= 0.3 is 6.09 Å². The Hall–Kier alpha value is -4.66. The largest absolute Gasteiger partial charge is 0.543 e. The number of nitrogens with zero attached hydrogens (tertiary/aromatic N) is 2. The second kappa shape index (κ2) is 13.8. The van der Waals surface area contributed by atoms with Crippen LogP contribution in [0.3, 0.4) is 0 Å². The van der Waals surface area contributed by atoms with Crippen LogP contribution in [0.5, 0.6) is 11.5 Å². The van der Waals surface area contributed by atoms with Crippen LogP contribution in [0.4, 0.5) is 10.6 Å². The quantitative estimate of drug-likeness (QED) is 0.113. The molecular weight excluding hydrogens is 593 g/mol. The summed E-state index contributed by atoms with van der Waals surface area (Å²) in [6.07, 6.45) is -0.591. The Bertz CT molecular complexity index is 1680. The Kier molecular flexibility index (Phi) is 10.1. The Morgan fingerprint density at radius 1 is 1.05 bits per heavy atom. The molecule has 0 aliphatic rings. The summed E-state index contributed by atoms with van der Waals surface area (Å²) >= 11 is 1.30. The molecule has 0 radical (unpaired) electrons. The van der Waals surface area contributed by atoms with Crippen molar-refractivity contribution in [3.8, 4) is 40.0 Å². The number of nitrogens with one attached hydrogen (secondary N) is 2. The Labute approximate surface area is 262 Å². The third-order valence-corrected chi connectivity index (χ3v) is 12.7. The van der Waals surface area contributed by atoms with Crippen LogP contribution < -0.4 is 19.8 Å². The molecule has 2 aromatic heterocycles.